The second kappa shape index (κ2) is 12.5. The minimum absolute atomic E-state index is 0.0287. The van der Waals surface area contributed by atoms with Crippen molar-refractivity contribution >= 4 is 36.4 Å². The second-order valence-electron chi connectivity index (χ2n) is 5.67. The number of rotatable bonds is 9. The van der Waals surface area contributed by atoms with E-state index in [-0.39, 0.29) is 24.7 Å². The zero-order valence-electron chi connectivity index (χ0n) is 15.4. The number of hydrogen-bond donors (Lipinski definition) is 2. The normalized spacial score (nSPS) is 11.6. The van der Waals surface area contributed by atoms with Crippen molar-refractivity contribution in [2.75, 3.05) is 0 Å². The summed E-state index contributed by atoms with van der Waals surface area (Å²) in [5.41, 5.74) is 6.81. The van der Waals surface area contributed by atoms with Gasteiger partial charge in [0, 0.05) is 25.3 Å². The minimum atomic E-state index is -0.340. The Balaban J connectivity index is 1.59. The maximum absolute atomic E-state index is 11.6. The van der Waals surface area contributed by atoms with Gasteiger partial charge in [0.25, 0.3) is 0 Å². The zero-order chi connectivity index (χ0) is 19.9. The summed E-state index contributed by atoms with van der Waals surface area (Å²) in [6.07, 6.45) is 10.2. The van der Waals surface area contributed by atoms with E-state index in [0.29, 0.717) is 0 Å². The molecule has 0 spiro atoms. The molecule has 2 aromatic rings. The van der Waals surface area contributed by atoms with E-state index in [4.69, 9.17) is 0 Å². The molecule has 2 amide bonds. The van der Waals surface area contributed by atoms with Crippen LogP contribution in [0.4, 0.5) is 0 Å². The molecule has 0 aromatic heterocycles. The average molecular weight is 374 g/mol. The second-order valence-corrected chi connectivity index (χ2v) is 5.67. The van der Waals surface area contributed by atoms with Crippen molar-refractivity contribution in [2.45, 2.75) is 12.8 Å². The van der Waals surface area contributed by atoms with Crippen LogP contribution in [0.25, 0.3) is 12.2 Å². The van der Waals surface area contributed by atoms with E-state index in [9.17, 15) is 9.59 Å². The van der Waals surface area contributed by atoms with E-state index in [0.717, 1.165) is 11.1 Å². The lowest BCUT2D eigenvalue weighted by Gasteiger charge is -1.99. The SMILES string of the molecule is O=C(CCC(=O)N/N=C/C=C/c1ccccc1)N/N=C/C=C/c1ccccc1. The lowest BCUT2D eigenvalue weighted by Crippen LogP contribution is -2.22. The minimum Gasteiger partial charge on any atom is -0.273 e. The fourth-order valence-electron chi connectivity index (χ4n) is 2.08. The average Bonchev–Trinajstić information content (AvgIpc) is 2.73. The summed E-state index contributed by atoms with van der Waals surface area (Å²) < 4.78 is 0. The van der Waals surface area contributed by atoms with Gasteiger partial charge in [-0.15, -0.1) is 0 Å². The van der Waals surface area contributed by atoms with Gasteiger partial charge in [-0.25, -0.2) is 10.9 Å². The Morgan fingerprint density at radius 1 is 0.679 bits per heavy atom. The van der Waals surface area contributed by atoms with Gasteiger partial charge in [0.2, 0.25) is 11.8 Å². The number of nitrogens with one attached hydrogen (secondary N) is 2. The number of hydrogen-bond acceptors (Lipinski definition) is 4. The number of allylic oxidation sites excluding steroid dienone is 2. The van der Waals surface area contributed by atoms with Gasteiger partial charge < -0.3 is 0 Å². The van der Waals surface area contributed by atoms with Gasteiger partial charge in [0.15, 0.2) is 0 Å². The fourth-order valence-corrected chi connectivity index (χ4v) is 2.08. The molecule has 0 saturated heterocycles. The van der Waals surface area contributed by atoms with Crippen LogP contribution in [0.1, 0.15) is 24.0 Å². The van der Waals surface area contributed by atoms with Crippen molar-refractivity contribution in [1.29, 1.82) is 0 Å². The zero-order valence-corrected chi connectivity index (χ0v) is 15.4. The van der Waals surface area contributed by atoms with Crippen LogP contribution in [0, 0.1) is 0 Å². The topological polar surface area (TPSA) is 82.9 Å². The number of benzene rings is 2. The van der Waals surface area contributed by atoms with E-state index in [2.05, 4.69) is 21.1 Å². The fraction of sp³-hybridized carbons (Fsp3) is 0.0909. The third-order valence-electron chi connectivity index (χ3n) is 3.46. The Hall–Kier alpha value is -3.80. The summed E-state index contributed by atoms with van der Waals surface area (Å²) in [6.45, 7) is 0. The molecule has 142 valence electrons. The smallest absolute Gasteiger partial charge is 0.240 e. The molecule has 0 radical (unpaired) electrons. The molecule has 6 heteroatoms. The summed E-state index contributed by atoms with van der Waals surface area (Å²) in [7, 11) is 0. The summed E-state index contributed by atoms with van der Waals surface area (Å²) in [5.74, 6) is -0.681. The predicted molar refractivity (Wildman–Crippen MR) is 113 cm³/mol. The first-order chi connectivity index (χ1) is 13.7. The van der Waals surface area contributed by atoms with Crippen LogP contribution in [0.2, 0.25) is 0 Å². The number of carbonyl (C=O) groups excluding carboxylic acids is 2. The Bertz CT molecular complexity index is 783. The van der Waals surface area contributed by atoms with Crippen molar-refractivity contribution in [3.63, 3.8) is 0 Å². The molecule has 6 nitrogen and oxygen atoms in total. The highest BCUT2D eigenvalue weighted by atomic mass is 16.2. The summed E-state index contributed by atoms with van der Waals surface area (Å²) in [6, 6.07) is 19.5. The Morgan fingerprint density at radius 2 is 1.07 bits per heavy atom. The van der Waals surface area contributed by atoms with Crippen molar-refractivity contribution < 1.29 is 9.59 Å². The van der Waals surface area contributed by atoms with Crippen molar-refractivity contribution in [3.05, 3.63) is 83.9 Å². The third kappa shape index (κ3) is 9.05. The molecule has 2 N–H and O–H groups in total. The number of hydrazone groups is 2. The first-order valence-electron chi connectivity index (χ1n) is 8.81. The number of amides is 2. The molecule has 0 aliphatic rings. The molecule has 0 atom stereocenters. The van der Waals surface area contributed by atoms with Gasteiger partial charge in [-0.1, -0.05) is 72.8 Å². The van der Waals surface area contributed by atoms with E-state index in [1.807, 2.05) is 72.8 Å². The summed E-state index contributed by atoms with van der Waals surface area (Å²) in [5, 5.41) is 7.60. The maximum Gasteiger partial charge on any atom is 0.240 e. The van der Waals surface area contributed by atoms with Gasteiger partial charge in [-0.2, -0.15) is 10.2 Å². The molecule has 0 aliphatic heterocycles. The molecule has 0 aliphatic carbocycles. The quantitative estimate of drug-likeness (QED) is 0.521. The molecule has 0 fully saturated rings. The molecular weight excluding hydrogens is 352 g/mol. The van der Waals surface area contributed by atoms with Crippen molar-refractivity contribution in [3.8, 4) is 0 Å². The van der Waals surface area contributed by atoms with E-state index in [1.54, 1.807) is 12.2 Å². The molecule has 0 saturated carbocycles. The molecule has 28 heavy (non-hydrogen) atoms. The van der Waals surface area contributed by atoms with Gasteiger partial charge >= 0.3 is 0 Å². The highest BCUT2D eigenvalue weighted by molar-refractivity contribution is 5.86. The summed E-state index contributed by atoms with van der Waals surface area (Å²) >= 11 is 0. The van der Waals surface area contributed by atoms with Crippen LogP contribution in [0.3, 0.4) is 0 Å². The van der Waals surface area contributed by atoms with Gasteiger partial charge in [0.05, 0.1) is 0 Å². The van der Waals surface area contributed by atoms with Crippen LogP contribution < -0.4 is 10.9 Å². The monoisotopic (exact) mass is 374 g/mol. The number of nitrogens with zero attached hydrogens (tertiary/aromatic N) is 2. The molecule has 0 unspecified atom stereocenters. The van der Waals surface area contributed by atoms with Crippen LogP contribution in [-0.4, -0.2) is 24.2 Å². The van der Waals surface area contributed by atoms with E-state index in [1.165, 1.54) is 12.4 Å². The first-order valence-corrected chi connectivity index (χ1v) is 8.81. The number of carbonyl (C=O) groups is 2. The van der Waals surface area contributed by atoms with Crippen LogP contribution >= 0.6 is 0 Å². The van der Waals surface area contributed by atoms with Crippen molar-refractivity contribution in [1.82, 2.24) is 10.9 Å². The molecule has 2 rings (SSSR count). The van der Waals surface area contributed by atoms with Gasteiger partial charge in [-0.05, 0) is 23.3 Å². The van der Waals surface area contributed by atoms with E-state index >= 15 is 0 Å². The Labute approximate surface area is 164 Å². The van der Waals surface area contributed by atoms with E-state index < -0.39 is 0 Å². The molecule has 0 heterocycles. The Kier molecular flexibility index (Phi) is 9.18. The van der Waals surface area contributed by atoms with Crippen LogP contribution in [0.5, 0.6) is 0 Å². The van der Waals surface area contributed by atoms with Gasteiger partial charge in [0.1, 0.15) is 0 Å². The third-order valence-corrected chi connectivity index (χ3v) is 3.46. The maximum atomic E-state index is 11.6. The largest absolute Gasteiger partial charge is 0.273 e. The predicted octanol–water partition coefficient (Wildman–Crippen LogP) is 3.40. The highest BCUT2D eigenvalue weighted by Crippen LogP contribution is 2.00. The van der Waals surface area contributed by atoms with Gasteiger partial charge in [-0.3, -0.25) is 9.59 Å². The summed E-state index contributed by atoms with van der Waals surface area (Å²) in [4.78, 5) is 23.3. The first kappa shape index (κ1) is 20.5. The lowest BCUT2D eigenvalue weighted by molar-refractivity contribution is -0.126. The van der Waals surface area contributed by atoms with Crippen LogP contribution in [-0.2, 0) is 9.59 Å². The molecule has 2 aromatic carbocycles. The highest BCUT2D eigenvalue weighted by Gasteiger charge is 2.04. The Morgan fingerprint density at radius 3 is 1.46 bits per heavy atom. The van der Waals surface area contributed by atoms with Crippen molar-refractivity contribution in [2.24, 2.45) is 10.2 Å². The molecular formula is C22H22N4O2. The molecule has 0 bridgehead atoms. The standard InChI is InChI=1S/C22H22N4O2/c27-21(25-23-17-7-13-19-9-3-1-4-10-19)15-16-22(28)26-24-18-8-14-20-11-5-2-6-12-20/h1-14,17-18H,15-16H2,(H,25,27)(H,26,28)/b13-7+,14-8+,23-17+,24-18+. The van der Waals surface area contributed by atoms with Crippen LogP contribution in [0.15, 0.2) is 83.0 Å². The lowest BCUT2D eigenvalue weighted by atomic mass is 10.2.